The molecule has 0 heterocycles. The van der Waals surface area contributed by atoms with Crippen LogP contribution in [0.2, 0.25) is 0 Å². The van der Waals surface area contributed by atoms with Crippen molar-refractivity contribution in [3.63, 3.8) is 0 Å². The molecule has 1 rings (SSSR count). The highest BCUT2D eigenvalue weighted by atomic mass is 35.5. The summed E-state index contributed by atoms with van der Waals surface area (Å²) >= 11 is 6.15. The average molecular weight is 257 g/mol. The Morgan fingerprint density at radius 3 is 2.35 bits per heavy atom. The van der Waals surface area contributed by atoms with Crippen molar-refractivity contribution in [2.75, 3.05) is 0 Å². The van der Waals surface area contributed by atoms with Crippen molar-refractivity contribution in [1.29, 1.82) is 0 Å². The molecule has 0 N–H and O–H groups in total. The first-order chi connectivity index (χ1) is 8.33. The Morgan fingerprint density at radius 1 is 1.06 bits per heavy atom. The van der Waals surface area contributed by atoms with E-state index in [0.717, 1.165) is 0 Å². The SMILES string of the molecule is CCCCCCCCCCC1=CC(Cl)CCC1. The second-order valence-corrected chi connectivity index (χ2v) is 6.02. The van der Waals surface area contributed by atoms with Crippen LogP contribution in [-0.2, 0) is 0 Å². The molecule has 0 spiro atoms. The molecule has 1 aliphatic carbocycles. The zero-order valence-corrected chi connectivity index (χ0v) is 12.3. The molecule has 0 amide bonds. The minimum absolute atomic E-state index is 0.327. The van der Waals surface area contributed by atoms with E-state index in [2.05, 4.69) is 13.0 Å². The van der Waals surface area contributed by atoms with E-state index in [9.17, 15) is 0 Å². The highest BCUT2D eigenvalue weighted by molar-refractivity contribution is 6.21. The van der Waals surface area contributed by atoms with Gasteiger partial charge >= 0.3 is 0 Å². The van der Waals surface area contributed by atoms with Gasteiger partial charge in [-0.15, -0.1) is 11.6 Å². The maximum Gasteiger partial charge on any atom is 0.0518 e. The molecule has 0 aliphatic heterocycles. The normalized spacial score (nSPS) is 20.4. The molecule has 0 bridgehead atoms. The van der Waals surface area contributed by atoms with Crippen molar-refractivity contribution < 1.29 is 0 Å². The van der Waals surface area contributed by atoms with Gasteiger partial charge in [0.1, 0.15) is 0 Å². The Balaban J connectivity index is 1.90. The fraction of sp³-hybridized carbons (Fsp3) is 0.875. The lowest BCUT2D eigenvalue weighted by Gasteiger charge is -2.16. The van der Waals surface area contributed by atoms with Gasteiger partial charge in [-0.25, -0.2) is 0 Å². The third-order valence-corrected chi connectivity index (χ3v) is 4.09. The fourth-order valence-corrected chi connectivity index (χ4v) is 2.97. The smallest absolute Gasteiger partial charge is 0.0518 e. The van der Waals surface area contributed by atoms with Gasteiger partial charge in [0.15, 0.2) is 0 Å². The van der Waals surface area contributed by atoms with E-state index in [-0.39, 0.29) is 0 Å². The van der Waals surface area contributed by atoms with Crippen molar-refractivity contribution in [2.24, 2.45) is 0 Å². The van der Waals surface area contributed by atoms with Crippen LogP contribution in [0.25, 0.3) is 0 Å². The van der Waals surface area contributed by atoms with Crippen LogP contribution in [0.5, 0.6) is 0 Å². The lowest BCUT2D eigenvalue weighted by Crippen LogP contribution is -2.03. The van der Waals surface area contributed by atoms with Crippen LogP contribution in [0.4, 0.5) is 0 Å². The number of rotatable bonds is 9. The van der Waals surface area contributed by atoms with Gasteiger partial charge < -0.3 is 0 Å². The number of hydrogen-bond acceptors (Lipinski definition) is 0. The van der Waals surface area contributed by atoms with E-state index in [4.69, 9.17) is 11.6 Å². The summed E-state index contributed by atoms with van der Waals surface area (Å²) in [6, 6.07) is 0. The van der Waals surface area contributed by atoms with Gasteiger partial charge in [0.25, 0.3) is 0 Å². The Bertz CT molecular complexity index is 208. The van der Waals surface area contributed by atoms with Gasteiger partial charge in [0.05, 0.1) is 5.38 Å². The highest BCUT2D eigenvalue weighted by Crippen LogP contribution is 2.25. The molecule has 0 nitrogen and oxygen atoms in total. The molecular formula is C16H29Cl. The highest BCUT2D eigenvalue weighted by Gasteiger charge is 2.10. The van der Waals surface area contributed by atoms with Crippen LogP contribution in [0.3, 0.4) is 0 Å². The van der Waals surface area contributed by atoms with Gasteiger partial charge in [0, 0.05) is 0 Å². The minimum Gasteiger partial charge on any atom is -0.118 e. The summed E-state index contributed by atoms with van der Waals surface area (Å²) in [6.07, 6.45) is 18.7. The lowest BCUT2D eigenvalue weighted by atomic mass is 9.94. The maximum absolute atomic E-state index is 6.15. The molecule has 0 saturated heterocycles. The molecule has 0 saturated carbocycles. The van der Waals surface area contributed by atoms with Crippen LogP contribution >= 0.6 is 11.6 Å². The standard InChI is InChI=1S/C16H29Cl/c1-2-3-4-5-6-7-8-9-11-15-12-10-13-16(17)14-15/h14,16H,2-13H2,1H3. The number of hydrogen-bond donors (Lipinski definition) is 0. The van der Waals surface area contributed by atoms with Gasteiger partial charge in [-0.2, -0.15) is 0 Å². The first-order valence-electron chi connectivity index (χ1n) is 7.66. The minimum atomic E-state index is 0.327. The predicted molar refractivity (Wildman–Crippen MR) is 78.8 cm³/mol. The molecule has 100 valence electrons. The summed E-state index contributed by atoms with van der Waals surface area (Å²) in [6.45, 7) is 2.28. The molecular weight excluding hydrogens is 228 g/mol. The Labute approximate surface area is 113 Å². The molecule has 17 heavy (non-hydrogen) atoms. The van der Waals surface area contributed by atoms with Crippen molar-refractivity contribution in [1.82, 2.24) is 0 Å². The summed E-state index contributed by atoms with van der Waals surface area (Å²) in [5, 5.41) is 0.327. The van der Waals surface area contributed by atoms with Crippen molar-refractivity contribution >= 4 is 11.6 Å². The molecule has 0 aromatic heterocycles. The first-order valence-corrected chi connectivity index (χ1v) is 8.10. The zero-order valence-electron chi connectivity index (χ0n) is 11.5. The number of halogens is 1. The molecule has 1 atom stereocenters. The van der Waals surface area contributed by atoms with Crippen LogP contribution in [0, 0.1) is 0 Å². The summed E-state index contributed by atoms with van der Waals surface area (Å²) in [5.74, 6) is 0. The predicted octanol–water partition coefficient (Wildman–Crippen LogP) is 6.23. The largest absolute Gasteiger partial charge is 0.118 e. The molecule has 1 heteroatoms. The van der Waals surface area contributed by atoms with E-state index >= 15 is 0 Å². The maximum atomic E-state index is 6.15. The van der Waals surface area contributed by atoms with E-state index in [1.54, 1.807) is 5.57 Å². The van der Waals surface area contributed by atoms with Crippen molar-refractivity contribution in [3.05, 3.63) is 11.6 Å². The monoisotopic (exact) mass is 256 g/mol. The molecule has 1 aliphatic rings. The molecule has 0 aromatic carbocycles. The topological polar surface area (TPSA) is 0 Å². The van der Waals surface area contributed by atoms with Crippen LogP contribution < -0.4 is 0 Å². The van der Waals surface area contributed by atoms with E-state index in [1.807, 2.05) is 0 Å². The van der Waals surface area contributed by atoms with Gasteiger partial charge in [-0.1, -0.05) is 63.5 Å². The van der Waals surface area contributed by atoms with Crippen molar-refractivity contribution in [2.45, 2.75) is 89.4 Å². The van der Waals surface area contributed by atoms with E-state index in [1.165, 1.54) is 77.0 Å². The summed E-state index contributed by atoms with van der Waals surface area (Å²) in [5.41, 5.74) is 1.63. The fourth-order valence-electron chi connectivity index (χ4n) is 2.64. The Morgan fingerprint density at radius 2 is 1.71 bits per heavy atom. The number of alkyl halides is 1. The number of allylic oxidation sites excluding steroid dienone is 2. The third-order valence-electron chi connectivity index (χ3n) is 3.75. The zero-order chi connectivity index (χ0) is 12.3. The van der Waals surface area contributed by atoms with Gasteiger partial charge in [-0.3, -0.25) is 0 Å². The van der Waals surface area contributed by atoms with E-state index in [0.29, 0.717) is 5.38 Å². The molecule has 0 radical (unpaired) electrons. The molecule has 0 fully saturated rings. The Kier molecular flexibility index (Phi) is 8.88. The molecule has 1 unspecified atom stereocenters. The van der Waals surface area contributed by atoms with Crippen molar-refractivity contribution in [3.8, 4) is 0 Å². The molecule has 0 aromatic rings. The number of unbranched alkanes of at least 4 members (excludes halogenated alkanes) is 7. The van der Waals surface area contributed by atoms with Crippen LogP contribution in [0.15, 0.2) is 11.6 Å². The van der Waals surface area contributed by atoms with E-state index < -0.39 is 0 Å². The quantitative estimate of drug-likeness (QED) is 0.260. The first kappa shape index (κ1) is 15.1. The Hall–Kier alpha value is 0.0300. The second-order valence-electron chi connectivity index (χ2n) is 5.46. The summed E-state index contributed by atoms with van der Waals surface area (Å²) in [7, 11) is 0. The second kappa shape index (κ2) is 10.00. The van der Waals surface area contributed by atoms with Crippen LogP contribution in [-0.4, -0.2) is 5.38 Å². The van der Waals surface area contributed by atoms with Crippen LogP contribution in [0.1, 0.15) is 84.0 Å². The van der Waals surface area contributed by atoms with Gasteiger partial charge in [0.2, 0.25) is 0 Å². The van der Waals surface area contributed by atoms with Gasteiger partial charge in [-0.05, 0) is 32.1 Å². The lowest BCUT2D eigenvalue weighted by molar-refractivity contribution is 0.567. The third kappa shape index (κ3) is 7.86. The summed E-state index contributed by atoms with van der Waals surface area (Å²) < 4.78 is 0. The average Bonchev–Trinajstić information content (AvgIpc) is 2.33. The summed E-state index contributed by atoms with van der Waals surface area (Å²) in [4.78, 5) is 0.